The third-order valence-electron chi connectivity index (χ3n) is 4.69. The number of thiazole rings is 2. The van der Waals surface area contributed by atoms with Gasteiger partial charge in [0, 0.05) is 31.6 Å². The lowest BCUT2D eigenvalue weighted by Crippen LogP contribution is -2.48. The molecule has 0 radical (unpaired) electrons. The third-order valence-corrected chi connectivity index (χ3v) is 6.43. The molecular weight excluding hydrogens is 408 g/mol. The Bertz CT molecular complexity index is 1040. The quantitative estimate of drug-likeness (QED) is 0.664. The van der Waals surface area contributed by atoms with Crippen molar-refractivity contribution in [2.75, 3.05) is 43.9 Å². The minimum atomic E-state index is -0.178. The van der Waals surface area contributed by atoms with E-state index >= 15 is 0 Å². The van der Waals surface area contributed by atoms with Crippen LogP contribution in [-0.2, 0) is 11.2 Å². The highest BCUT2D eigenvalue weighted by Crippen LogP contribution is 2.27. The van der Waals surface area contributed by atoms with Gasteiger partial charge in [0.15, 0.2) is 10.3 Å². The minimum absolute atomic E-state index is 0.135. The van der Waals surface area contributed by atoms with Crippen LogP contribution in [0, 0.1) is 6.92 Å². The fourth-order valence-electron chi connectivity index (χ4n) is 3.04. The number of hydrogen-bond acceptors (Lipinski definition) is 7. The van der Waals surface area contributed by atoms with E-state index in [0.29, 0.717) is 29.0 Å². The number of carbonyl (C=O) groups excluding carboxylic acids is 2. The normalized spacial score (nSPS) is 14.9. The molecule has 3 amide bonds. The van der Waals surface area contributed by atoms with E-state index in [0.717, 1.165) is 28.9 Å². The number of benzene rings is 1. The van der Waals surface area contributed by atoms with E-state index in [1.165, 1.54) is 22.7 Å². The molecule has 4 rings (SSSR count). The number of fused-ring (bicyclic) bond motifs is 1. The minimum Gasteiger partial charge on any atom is -0.322 e. The summed E-state index contributed by atoms with van der Waals surface area (Å²) in [5.74, 6) is -0.178. The molecule has 3 heterocycles. The lowest BCUT2D eigenvalue weighted by molar-refractivity contribution is -0.115. The second-order valence-electron chi connectivity index (χ2n) is 7.08. The topological polar surface area (TPSA) is 90.5 Å². The highest BCUT2D eigenvalue weighted by atomic mass is 32.1. The molecule has 1 aliphatic rings. The Hall–Kier alpha value is -2.56. The van der Waals surface area contributed by atoms with Crippen molar-refractivity contribution in [3.63, 3.8) is 0 Å². The Kier molecular flexibility index (Phi) is 5.74. The van der Waals surface area contributed by atoms with E-state index in [2.05, 4.69) is 31.6 Å². The summed E-state index contributed by atoms with van der Waals surface area (Å²) in [5.41, 5.74) is 2.66. The highest BCUT2D eigenvalue weighted by Gasteiger charge is 2.20. The van der Waals surface area contributed by atoms with Crippen LogP contribution in [0.1, 0.15) is 11.3 Å². The molecule has 2 N–H and O–H groups in total. The predicted molar refractivity (Wildman–Crippen MR) is 117 cm³/mol. The summed E-state index contributed by atoms with van der Waals surface area (Å²) in [6.07, 6.45) is 0.135. The average Bonchev–Trinajstić information content (AvgIpc) is 3.27. The van der Waals surface area contributed by atoms with Crippen molar-refractivity contribution in [1.29, 1.82) is 0 Å². The molecule has 8 nitrogen and oxygen atoms in total. The number of nitrogens with zero attached hydrogens (tertiary/aromatic N) is 4. The van der Waals surface area contributed by atoms with Gasteiger partial charge in [-0.2, -0.15) is 0 Å². The molecule has 1 fully saturated rings. The molecule has 1 saturated heterocycles. The summed E-state index contributed by atoms with van der Waals surface area (Å²) in [5, 5.41) is 8.54. The first-order chi connectivity index (χ1) is 14.0. The van der Waals surface area contributed by atoms with E-state index in [4.69, 9.17) is 0 Å². The van der Waals surface area contributed by atoms with Crippen LogP contribution < -0.4 is 10.6 Å². The zero-order valence-electron chi connectivity index (χ0n) is 16.3. The number of aromatic nitrogens is 2. The smallest absolute Gasteiger partial charge is 0.322 e. The van der Waals surface area contributed by atoms with Crippen LogP contribution in [-0.4, -0.2) is 64.9 Å². The summed E-state index contributed by atoms with van der Waals surface area (Å²) >= 11 is 2.78. The molecule has 0 unspecified atom stereocenters. The van der Waals surface area contributed by atoms with Crippen molar-refractivity contribution >= 4 is 55.1 Å². The van der Waals surface area contributed by atoms with Crippen LogP contribution in [0.25, 0.3) is 10.2 Å². The SMILES string of the molecule is Cc1ccc2nc(NC(=O)Cc3csc(NC(=O)N4CCN(C)CC4)n3)sc2c1. The van der Waals surface area contributed by atoms with Gasteiger partial charge in [-0.1, -0.05) is 17.4 Å². The van der Waals surface area contributed by atoms with Gasteiger partial charge in [0.25, 0.3) is 0 Å². The lowest BCUT2D eigenvalue weighted by atomic mass is 10.2. The van der Waals surface area contributed by atoms with Gasteiger partial charge >= 0.3 is 6.03 Å². The Morgan fingerprint density at radius 3 is 2.69 bits per heavy atom. The van der Waals surface area contributed by atoms with Crippen molar-refractivity contribution in [2.24, 2.45) is 0 Å². The molecule has 2 aromatic heterocycles. The number of amides is 3. The van der Waals surface area contributed by atoms with Crippen LogP contribution in [0.4, 0.5) is 15.1 Å². The van der Waals surface area contributed by atoms with Crippen LogP contribution in [0.2, 0.25) is 0 Å². The molecule has 29 heavy (non-hydrogen) atoms. The van der Waals surface area contributed by atoms with Crippen molar-refractivity contribution in [1.82, 2.24) is 19.8 Å². The second-order valence-corrected chi connectivity index (χ2v) is 8.97. The highest BCUT2D eigenvalue weighted by molar-refractivity contribution is 7.22. The first-order valence-corrected chi connectivity index (χ1v) is 11.0. The molecule has 3 aromatic rings. The van der Waals surface area contributed by atoms with Crippen LogP contribution in [0.15, 0.2) is 23.6 Å². The van der Waals surface area contributed by atoms with E-state index in [1.807, 2.05) is 26.1 Å². The zero-order chi connectivity index (χ0) is 20.4. The van der Waals surface area contributed by atoms with Crippen LogP contribution >= 0.6 is 22.7 Å². The lowest BCUT2D eigenvalue weighted by Gasteiger charge is -2.32. The molecule has 152 valence electrons. The molecular formula is C19H22N6O2S2. The first kappa shape index (κ1) is 19.7. The summed E-state index contributed by atoms with van der Waals surface area (Å²) in [6.45, 7) is 5.15. The van der Waals surface area contributed by atoms with Crippen LogP contribution in [0.3, 0.4) is 0 Å². The van der Waals surface area contributed by atoms with Gasteiger partial charge in [0.2, 0.25) is 5.91 Å². The summed E-state index contributed by atoms with van der Waals surface area (Å²) < 4.78 is 1.04. The Morgan fingerprint density at radius 2 is 1.90 bits per heavy atom. The van der Waals surface area contributed by atoms with Gasteiger partial charge in [0.05, 0.1) is 22.3 Å². The second kappa shape index (κ2) is 8.44. The number of likely N-dealkylation sites (N-methyl/N-ethyl adjacent to an activating group) is 1. The van der Waals surface area contributed by atoms with Crippen molar-refractivity contribution in [2.45, 2.75) is 13.3 Å². The van der Waals surface area contributed by atoms with Gasteiger partial charge in [-0.3, -0.25) is 10.1 Å². The van der Waals surface area contributed by atoms with Gasteiger partial charge in [-0.15, -0.1) is 11.3 Å². The molecule has 0 saturated carbocycles. The molecule has 1 aliphatic heterocycles. The molecule has 0 spiro atoms. The zero-order valence-corrected chi connectivity index (χ0v) is 17.9. The fraction of sp³-hybridized carbons (Fsp3) is 0.368. The number of carbonyl (C=O) groups is 2. The van der Waals surface area contributed by atoms with Crippen LogP contribution in [0.5, 0.6) is 0 Å². The first-order valence-electron chi connectivity index (χ1n) is 9.32. The number of hydrogen-bond donors (Lipinski definition) is 2. The number of rotatable bonds is 4. The average molecular weight is 431 g/mol. The molecule has 0 aliphatic carbocycles. The monoisotopic (exact) mass is 430 g/mol. The third kappa shape index (κ3) is 4.89. The number of nitrogens with one attached hydrogen (secondary N) is 2. The maximum Gasteiger partial charge on any atom is 0.323 e. The number of aryl methyl sites for hydroxylation is 1. The van der Waals surface area contributed by atoms with Gasteiger partial charge in [-0.05, 0) is 31.7 Å². The Balaban J connectivity index is 1.32. The summed E-state index contributed by atoms with van der Waals surface area (Å²) in [4.78, 5) is 37.5. The van der Waals surface area contributed by atoms with E-state index in [9.17, 15) is 9.59 Å². The maximum atomic E-state index is 12.4. The number of urea groups is 1. The molecule has 10 heteroatoms. The number of anilines is 2. The Labute approximate surface area is 176 Å². The van der Waals surface area contributed by atoms with Gasteiger partial charge in [-0.25, -0.2) is 14.8 Å². The van der Waals surface area contributed by atoms with E-state index in [1.54, 1.807) is 10.3 Å². The summed E-state index contributed by atoms with van der Waals surface area (Å²) in [6, 6.07) is 5.86. The molecule has 0 atom stereocenters. The summed E-state index contributed by atoms with van der Waals surface area (Å²) in [7, 11) is 2.04. The van der Waals surface area contributed by atoms with Crippen molar-refractivity contribution < 1.29 is 9.59 Å². The van der Waals surface area contributed by atoms with E-state index in [-0.39, 0.29) is 18.4 Å². The fourth-order valence-corrected chi connectivity index (χ4v) is 4.72. The van der Waals surface area contributed by atoms with E-state index < -0.39 is 0 Å². The largest absolute Gasteiger partial charge is 0.323 e. The number of piperazine rings is 1. The standard InChI is InChI=1S/C19H22N6O2S2/c1-12-3-4-14-15(9-12)29-18(21-14)22-16(26)10-13-11-28-17(20-13)23-19(27)25-7-5-24(2)6-8-25/h3-4,9,11H,5-8,10H2,1-2H3,(H,20,23,27)(H,21,22,26). The predicted octanol–water partition coefficient (Wildman–Crippen LogP) is 3.02. The van der Waals surface area contributed by atoms with Gasteiger partial charge < -0.3 is 15.1 Å². The van der Waals surface area contributed by atoms with Gasteiger partial charge in [0.1, 0.15) is 0 Å². The maximum absolute atomic E-state index is 12.4. The molecule has 0 bridgehead atoms. The Morgan fingerprint density at radius 1 is 1.10 bits per heavy atom. The van der Waals surface area contributed by atoms with Crippen molar-refractivity contribution in [3.8, 4) is 0 Å². The van der Waals surface area contributed by atoms with Crippen molar-refractivity contribution in [3.05, 3.63) is 34.8 Å². The molecule has 1 aromatic carbocycles.